The highest BCUT2D eigenvalue weighted by atomic mass is 16.5. The molecule has 96 valence electrons. The van der Waals surface area contributed by atoms with Gasteiger partial charge in [0.25, 0.3) is 0 Å². The average molecular weight is 230 g/mol. The number of nitrogens with two attached hydrogens (primary N) is 1. The van der Waals surface area contributed by atoms with Gasteiger partial charge in [0.05, 0.1) is 12.7 Å². The van der Waals surface area contributed by atoms with Crippen molar-refractivity contribution in [3.63, 3.8) is 0 Å². The second kappa shape index (κ2) is 7.22. The van der Waals surface area contributed by atoms with Crippen LogP contribution in [0.2, 0.25) is 0 Å². The molecule has 0 aliphatic heterocycles. The molecular weight excluding hydrogens is 204 g/mol. The quantitative estimate of drug-likeness (QED) is 0.646. The molecule has 0 aromatic carbocycles. The van der Waals surface area contributed by atoms with Crippen LogP contribution in [0.4, 0.5) is 0 Å². The zero-order valence-electron chi connectivity index (χ0n) is 10.6. The second-order valence-corrected chi connectivity index (χ2v) is 4.86. The summed E-state index contributed by atoms with van der Waals surface area (Å²) in [7, 11) is 3.42. The largest absolute Gasteiger partial charge is 0.382 e. The van der Waals surface area contributed by atoms with Gasteiger partial charge in [-0.15, -0.1) is 0 Å². The van der Waals surface area contributed by atoms with Crippen molar-refractivity contribution in [2.24, 2.45) is 11.1 Å². The molecule has 1 aliphatic rings. The Morgan fingerprint density at radius 2 is 2.00 bits per heavy atom. The summed E-state index contributed by atoms with van der Waals surface area (Å²) < 4.78 is 10.4. The van der Waals surface area contributed by atoms with Crippen LogP contribution in [0.25, 0.3) is 0 Å². The van der Waals surface area contributed by atoms with Gasteiger partial charge < -0.3 is 20.5 Å². The maximum absolute atomic E-state index is 5.88. The van der Waals surface area contributed by atoms with Gasteiger partial charge in [0, 0.05) is 27.3 Å². The lowest BCUT2D eigenvalue weighted by atomic mass is 9.86. The summed E-state index contributed by atoms with van der Waals surface area (Å²) in [4.78, 5) is 0. The molecule has 0 spiro atoms. The lowest BCUT2D eigenvalue weighted by molar-refractivity contribution is 0.0274. The van der Waals surface area contributed by atoms with Gasteiger partial charge in [0.2, 0.25) is 0 Å². The molecule has 16 heavy (non-hydrogen) atoms. The van der Waals surface area contributed by atoms with Gasteiger partial charge in [-0.3, -0.25) is 0 Å². The van der Waals surface area contributed by atoms with Crippen LogP contribution in [0.5, 0.6) is 0 Å². The molecule has 0 aromatic rings. The normalized spacial score (nSPS) is 21.2. The third-order valence-corrected chi connectivity index (χ3v) is 3.66. The van der Waals surface area contributed by atoms with Gasteiger partial charge in [-0.25, -0.2) is 0 Å². The van der Waals surface area contributed by atoms with E-state index in [0.717, 1.165) is 19.6 Å². The lowest BCUT2D eigenvalue weighted by Gasteiger charge is -2.28. The zero-order valence-corrected chi connectivity index (χ0v) is 10.6. The van der Waals surface area contributed by atoms with Crippen molar-refractivity contribution < 1.29 is 9.47 Å². The van der Waals surface area contributed by atoms with Crippen LogP contribution in [0.15, 0.2) is 0 Å². The van der Waals surface area contributed by atoms with Crippen molar-refractivity contribution >= 4 is 0 Å². The summed E-state index contributed by atoms with van der Waals surface area (Å²) in [6, 6.07) is 0. The summed E-state index contributed by atoms with van der Waals surface area (Å²) in [6.45, 7) is 3.28. The van der Waals surface area contributed by atoms with E-state index in [9.17, 15) is 0 Å². The SMILES string of the molecule is COCC(CNCC1(CN)CCCC1)OC. The third-order valence-electron chi connectivity index (χ3n) is 3.66. The van der Waals surface area contributed by atoms with E-state index in [1.54, 1.807) is 14.2 Å². The number of hydrogen-bond donors (Lipinski definition) is 2. The maximum Gasteiger partial charge on any atom is 0.0928 e. The number of rotatable bonds is 8. The van der Waals surface area contributed by atoms with Gasteiger partial charge in [-0.05, 0) is 24.8 Å². The highest BCUT2D eigenvalue weighted by Crippen LogP contribution is 2.36. The highest BCUT2D eigenvalue weighted by molar-refractivity contribution is 4.87. The number of nitrogens with one attached hydrogen (secondary N) is 1. The van der Waals surface area contributed by atoms with Gasteiger partial charge >= 0.3 is 0 Å². The Balaban J connectivity index is 2.22. The molecule has 1 fully saturated rings. The van der Waals surface area contributed by atoms with Crippen molar-refractivity contribution in [2.75, 3.05) is 40.5 Å². The standard InChI is InChI=1S/C12H26N2O2/c1-15-8-11(16-2)7-14-10-12(9-13)5-3-4-6-12/h11,14H,3-10,13H2,1-2H3. The minimum atomic E-state index is 0.140. The monoisotopic (exact) mass is 230 g/mol. The molecule has 1 aliphatic carbocycles. The zero-order chi connectivity index (χ0) is 11.9. The molecule has 0 radical (unpaired) electrons. The second-order valence-electron chi connectivity index (χ2n) is 4.86. The fourth-order valence-electron chi connectivity index (χ4n) is 2.47. The Morgan fingerprint density at radius 3 is 2.50 bits per heavy atom. The predicted octanol–water partition coefficient (Wildman–Crippen LogP) is 0.757. The minimum absolute atomic E-state index is 0.140. The molecule has 1 unspecified atom stereocenters. The van der Waals surface area contributed by atoms with E-state index in [0.29, 0.717) is 12.0 Å². The van der Waals surface area contributed by atoms with Gasteiger partial charge in [0.15, 0.2) is 0 Å². The highest BCUT2D eigenvalue weighted by Gasteiger charge is 2.31. The summed E-state index contributed by atoms with van der Waals surface area (Å²) in [5.41, 5.74) is 6.22. The van der Waals surface area contributed by atoms with Crippen LogP contribution in [-0.2, 0) is 9.47 Å². The molecule has 3 N–H and O–H groups in total. The molecule has 0 saturated heterocycles. The molecule has 4 heteroatoms. The van der Waals surface area contributed by atoms with E-state index in [4.69, 9.17) is 15.2 Å². The van der Waals surface area contributed by atoms with E-state index in [1.165, 1.54) is 25.7 Å². The fraction of sp³-hybridized carbons (Fsp3) is 1.00. The van der Waals surface area contributed by atoms with E-state index in [2.05, 4.69) is 5.32 Å². The molecule has 1 rings (SSSR count). The first kappa shape index (κ1) is 13.9. The van der Waals surface area contributed by atoms with Crippen molar-refractivity contribution in [3.05, 3.63) is 0 Å². The maximum atomic E-state index is 5.88. The van der Waals surface area contributed by atoms with Crippen molar-refractivity contribution in [3.8, 4) is 0 Å². The minimum Gasteiger partial charge on any atom is -0.382 e. The van der Waals surface area contributed by atoms with E-state index >= 15 is 0 Å². The number of ether oxygens (including phenoxy) is 2. The number of hydrogen-bond acceptors (Lipinski definition) is 4. The van der Waals surface area contributed by atoms with Crippen molar-refractivity contribution in [2.45, 2.75) is 31.8 Å². The van der Waals surface area contributed by atoms with E-state index in [-0.39, 0.29) is 6.10 Å². The summed E-state index contributed by atoms with van der Waals surface area (Å²) in [6.07, 6.45) is 5.31. The first-order valence-electron chi connectivity index (χ1n) is 6.19. The first-order valence-corrected chi connectivity index (χ1v) is 6.19. The molecule has 0 heterocycles. The Hall–Kier alpha value is -0.160. The predicted molar refractivity (Wildman–Crippen MR) is 65.5 cm³/mol. The summed E-state index contributed by atoms with van der Waals surface area (Å²) in [5.74, 6) is 0. The van der Waals surface area contributed by atoms with Crippen molar-refractivity contribution in [1.82, 2.24) is 5.32 Å². The van der Waals surface area contributed by atoms with E-state index in [1.807, 2.05) is 0 Å². The Kier molecular flexibility index (Phi) is 6.28. The fourth-order valence-corrected chi connectivity index (χ4v) is 2.47. The molecule has 0 aromatic heterocycles. The summed E-state index contributed by atoms with van der Waals surface area (Å²) in [5, 5.41) is 3.47. The van der Waals surface area contributed by atoms with Crippen LogP contribution in [0.3, 0.4) is 0 Å². The van der Waals surface area contributed by atoms with Gasteiger partial charge in [-0.2, -0.15) is 0 Å². The molecule has 1 atom stereocenters. The lowest BCUT2D eigenvalue weighted by Crippen LogP contribution is -2.42. The topological polar surface area (TPSA) is 56.5 Å². The third kappa shape index (κ3) is 4.01. The first-order chi connectivity index (χ1) is 7.76. The van der Waals surface area contributed by atoms with Crippen LogP contribution >= 0.6 is 0 Å². The van der Waals surface area contributed by atoms with E-state index < -0.39 is 0 Å². The Bertz CT molecular complexity index is 182. The number of methoxy groups -OCH3 is 2. The molecule has 0 amide bonds. The van der Waals surface area contributed by atoms with Crippen LogP contribution in [0.1, 0.15) is 25.7 Å². The van der Waals surface area contributed by atoms with Gasteiger partial charge in [-0.1, -0.05) is 12.8 Å². The van der Waals surface area contributed by atoms with Crippen LogP contribution < -0.4 is 11.1 Å². The smallest absolute Gasteiger partial charge is 0.0928 e. The average Bonchev–Trinajstić information content (AvgIpc) is 2.77. The van der Waals surface area contributed by atoms with Crippen molar-refractivity contribution in [1.29, 1.82) is 0 Å². The van der Waals surface area contributed by atoms with Gasteiger partial charge in [0.1, 0.15) is 0 Å². The molecule has 4 nitrogen and oxygen atoms in total. The Labute approximate surface area is 98.9 Å². The Morgan fingerprint density at radius 1 is 1.31 bits per heavy atom. The summed E-state index contributed by atoms with van der Waals surface area (Å²) >= 11 is 0. The van der Waals surface area contributed by atoms with Crippen LogP contribution in [-0.4, -0.2) is 46.6 Å². The molecule has 0 bridgehead atoms. The molecule has 1 saturated carbocycles. The molecular formula is C12H26N2O2. The van der Waals surface area contributed by atoms with Crippen LogP contribution in [0, 0.1) is 5.41 Å².